The summed E-state index contributed by atoms with van der Waals surface area (Å²) in [4.78, 5) is 8.67. The van der Waals surface area contributed by atoms with Crippen LogP contribution in [0, 0.1) is 0 Å². The van der Waals surface area contributed by atoms with Crippen molar-refractivity contribution in [2.45, 2.75) is 0 Å². The Kier molecular flexibility index (Phi) is 3.19. The molecule has 2 heterocycles. The third-order valence-corrected chi connectivity index (χ3v) is 2.65. The van der Waals surface area contributed by atoms with Crippen LogP contribution in [0.4, 0.5) is 0 Å². The first-order valence-electron chi connectivity index (χ1n) is 6.03. The standard InChI is InChI=1S/C16H12N2O/c1-2-7-13(8-3-1)19-15-10-6-12-18-16(15)14-9-4-5-11-17-14/h1-12H. The van der Waals surface area contributed by atoms with Gasteiger partial charge in [0, 0.05) is 12.4 Å². The number of rotatable bonds is 3. The number of hydrogen-bond acceptors (Lipinski definition) is 3. The zero-order chi connectivity index (χ0) is 12.9. The number of nitrogens with zero attached hydrogens (tertiary/aromatic N) is 2. The van der Waals surface area contributed by atoms with Gasteiger partial charge in [-0.05, 0) is 36.4 Å². The second kappa shape index (κ2) is 5.31. The van der Waals surface area contributed by atoms with Gasteiger partial charge in [-0.15, -0.1) is 0 Å². The molecule has 0 bridgehead atoms. The van der Waals surface area contributed by atoms with E-state index in [2.05, 4.69) is 9.97 Å². The second-order valence-corrected chi connectivity index (χ2v) is 3.98. The molecule has 19 heavy (non-hydrogen) atoms. The van der Waals surface area contributed by atoms with Crippen molar-refractivity contribution in [2.24, 2.45) is 0 Å². The first kappa shape index (κ1) is 11.4. The first-order chi connectivity index (χ1) is 9.43. The molecular weight excluding hydrogens is 236 g/mol. The van der Waals surface area contributed by atoms with Crippen LogP contribution in [-0.2, 0) is 0 Å². The maximum atomic E-state index is 5.86. The minimum Gasteiger partial charge on any atom is -0.455 e. The molecule has 0 saturated heterocycles. The monoisotopic (exact) mass is 248 g/mol. The maximum Gasteiger partial charge on any atom is 0.155 e. The van der Waals surface area contributed by atoms with Crippen LogP contribution in [0.5, 0.6) is 11.5 Å². The van der Waals surface area contributed by atoms with Crippen molar-refractivity contribution in [1.82, 2.24) is 9.97 Å². The average Bonchev–Trinajstić information content (AvgIpc) is 2.50. The molecule has 0 aliphatic heterocycles. The zero-order valence-corrected chi connectivity index (χ0v) is 10.2. The lowest BCUT2D eigenvalue weighted by atomic mass is 10.2. The van der Waals surface area contributed by atoms with E-state index < -0.39 is 0 Å². The van der Waals surface area contributed by atoms with E-state index >= 15 is 0 Å². The molecule has 3 aromatic rings. The molecule has 0 fully saturated rings. The fraction of sp³-hybridized carbons (Fsp3) is 0. The molecule has 0 N–H and O–H groups in total. The fourth-order valence-corrected chi connectivity index (χ4v) is 1.78. The quantitative estimate of drug-likeness (QED) is 0.704. The largest absolute Gasteiger partial charge is 0.455 e. The van der Waals surface area contributed by atoms with Crippen LogP contribution in [-0.4, -0.2) is 9.97 Å². The molecule has 0 aliphatic rings. The van der Waals surface area contributed by atoms with Crippen LogP contribution < -0.4 is 4.74 Å². The summed E-state index contributed by atoms with van der Waals surface area (Å²) in [6.45, 7) is 0. The van der Waals surface area contributed by atoms with Crippen molar-refractivity contribution < 1.29 is 4.74 Å². The number of para-hydroxylation sites is 1. The predicted molar refractivity (Wildman–Crippen MR) is 74.0 cm³/mol. The molecule has 3 heteroatoms. The lowest BCUT2D eigenvalue weighted by molar-refractivity contribution is 0.482. The number of pyridine rings is 2. The molecule has 3 rings (SSSR count). The van der Waals surface area contributed by atoms with Crippen LogP contribution >= 0.6 is 0 Å². The van der Waals surface area contributed by atoms with E-state index in [1.807, 2.05) is 60.7 Å². The third-order valence-electron chi connectivity index (χ3n) is 2.65. The molecule has 0 spiro atoms. The van der Waals surface area contributed by atoms with Gasteiger partial charge >= 0.3 is 0 Å². The Morgan fingerprint density at radius 1 is 0.684 bits per heavy atom. The van der Waals surface area contributed by atoms with Gasteiger partial charge in [0.15, 0.2) is 5.75 Å². The van der Waals surface area contributed by atoms with Crippen molar-refractivity contribution in [3.63, 3.8) is 0 Å². The zero-order valence-electron chi connectivity index (χ0n) is 10.2. The van der Waals surface area contributed by atoms with E-state index in [0.717, 1.165) is 17.1 Å². The Balaban J connectivity index is 1.99. The molecule has 0 radical (unpaired) electrons. The predicted octanol–water partition coefficient (Wildman–Crippen LogP) is 3.94. The molecule has 0 amide bonds. The van der Waals surface area contributed by atoms with Gasteiger partial charge in [-0.3, -0.25) is 9.97 Å². The van der Waals surface area contributed by atoms with Crippen molar-refractivity contribution in [1.29, 1.82) is 0 Å². The number of aromatic nitrogens is 2. The van der Waals surface area contributed by atoms with Crippen molar-refractivity contribution >= 4 is 0 Å². The Morgan fingerprint density at radius 3 is 2.26 bits per heavy atom. The summed E-state index contributed by atoms with van der Waals surface area (Å²) < 4.78 is 5.86. The van der Waals surface area contributed by atoms with Crippen LogP contribution in [0.15, 0.2) is 73.1 Å². The minimum atomic E-state index is 0.701. The van der Waals surface area contributed by atoms with Crippen LogP contribution in [0.2, 0.25) is 0 Å². The molecule has 1 aromatic carbocycles. The molecule has 92 valence electrons. The van der Waals surface area contributed by atoms with E-state index in [0.29, 0.717) is 5.75 Å². The summed E-state index contributed by atoms with van der Waals surface area (Å²) in [6.07, 6.45) is 3.48. The van der Waals surface area contributed by atoms with Gasteiger partial charge in [0.25, 0.3) is 0 Å². The molecule has 0 aliphatic carbocycles. The molecule has 0 unspecified atom stereocenters. The molecule has 2 aromatic heterocycles. The molecule has 0 atom stereocenters. The lowest BCUT2D eigenvalue weighted by Gasteiger charge is -2.09. The third kappa shape index (κ3) is 2.60. The van der Waals surface area contributed by atoms with Crippen LogP contribution in [0.25, 0.3) is 11.4 Å². The van der Waals surface area contributed by atoms with Crippen LogP contribution in [0.1, 0.15) is 0 Å². The average molecular weight is 248 g/mol. The van der Waals surface area contributed by atoms with Gasteiger partial charge in [-0.1, -0.05) is 24.3 Å². The second-order valence-electron chi connectivity index (χ2n) is 3.98. The smallest absolute Gasteiger partial charge is 0.155 e. The van der Waals surface area contributed by atoms with E-state index in [-0.39, 0.29) is 0 Å². The summed E-state index contributed by atoms with van der Waals surface area (Å²) in [5.74, 6) is 1.49. The molecule has 0 saturated carbocycles. The first-order valence-corrected chi connectivity index (χ1v) is 6.03. The van der Waals surface area contributed by atoms with Gasteiger partial charge < -0.3 is 4.74 Å². The van der Waals surface area contributed by atoms with Crippen molar-refractivity contribution in [2.75, 3.05) is 0 Å². The number of ether oxygens (including phenoxy) is 1. The van der Waals surface area contributed by atoms with Gasteiger partial charge in [-0.25, -0.2) is 0 Å². The Morgan fingerprint density at radius 2 is 1.47 bits per heavy atom. The van der Waals surface area contributed by atoms with Gasteiger partial charge in [-0.2, -0.15) is 0 Å². The van der Waals surface area contributed by atoms with E-state index in [9.17, 15) is 0 Å². The minimum absolute atomic E-state index is 0.701. The highest BCUT2D eigenvalue weighted by Gasteiger charge is 2.08. The van der Waals surface area contributed by atoms with E-state index in [1.54, 1.807) is 12.4 Å². The lowest BCUT2D eigenvalue weighted by Crippen LogP contribution is -1.92. The normalized spacial score (nSPS) is 10.1. The van der Waals surface area contributed by atoms with Crippen molar-refractivity contribution in [3.05, 3.63) is 73.1 Å². The van der Waals surface area contributed by atoms with Gasteiger partial charge in [0.2, 0.25) is 0 Å². The Bertz CT molecular complexity index is 654. The van der Waals surface area contributed by atoms with E-state index in [4.69, 9.17) is 4.74 Å². The molecular formula is C16H12N2O. The topological polar surface area (TPSA) is 35.0 Å². The van der Waals surface area contributed by atoms with Crippen molar-refractivity contribution in [3.8, 4) is 22.9 Å². The van der Waals surface area contributed by atoms with Gasteiger partial charge in [0.05, 0.1) is 5.69 Å². The highest BCUT2D eigenvalue weighted by Crippen LogP contribution is 2.29. The highest BCUT2D eigenvalue weighted by molar-refractivity contribution is 5.62. The highest BCUT2D eigenvalue weighted by atomic mass is 16.5. The summed E-state index contributed by atoms with van der Waals surface area (Å²) >= 11 is 0. The summed E-state index contributed by atoms with van der Waals surface area (Å²) in [5.41, 5.74) is 1.54. The fourth-order valence-electron chi connectivity index (χ4n) is 1.78. The SMILES string of the molecule is c1ccc(Oc2cccnc2-c2ccccn2)cc1. The summed E-state index contributed by atoms with van der Waals surface area (Å²) in [7, 11) is 0. The van der Waals surface area contributed by atoms with E-state index in [1.165, 1.54) is 0 Å². The molecule has 3 nitrogen and oxygen atoms in total. The maximum absolute atomic E-state index is 5.86. The summed E-state index contributed by atoms with van der Waals surface area (Å²) in [5, 5.41) is 0. The van der Waals surface area contributed by atoms with Crippen LogP contribution in [0.3, 0.4) is 0 Å². The number of benzene rings is 1. The number of hydrogen-bond donors (Lipinski definition) is 0. The Labute approximate surface area is 111 Å². The Hall–Kier alpha value is -2.68. The van der Waals surface area contributed by atoms with Gasteiger partial charge in [0.1, 0.15) is 11.4 Å². The summed E-state index contributed by atoms with van der Waals surface area (Å²) in [6, 6.07) is 19.1.